The van der Waals surface area contributed by atoms with Crippen LogP contribution in [0.5, 0.6) is 5.75 Å². The lowest BCUT2D eigenvalue weighted by Crippen LogP contribution is -2.52. The van der Waals surface area contributed by atoms with Gasteiger partial charge in [0.05, 0.1) is 22.5 Å². The number of benzene rings is 1. The van der Waals surface area contributed by atoms with Gasteiger partial charge in [-0.1, -0.05) is 0 Å². The molecule has 0 atom stereocenters. The molecule has 1 saturated heterocycles. The maximum Gasteiger partial charge on any atom is 0.410 e. The Balaban J connectivity index is 1.63. The van der Waals surface area contributed by atoms with Crippen molar-refractivity contribution >= 4 is 32.9 Å². The molecule has 3 rings (SSSR count). The summed E-state index contributed by atoms with van der Waals surface area (Å²) in [6.45, 7) is 7.81. The van der Waals surface area contributed by atoms with Crippen molar-refractivity contribution in [2.24, 2.45) is 5.92 Å². The number of hydrogen-bond donors (Lipinski definition) is 0. The summed E-state index contributed by atoms with van der Waals surface area (Å²) in [5.74, 6) is 1.18. The van der Waals surface area contributed by atoms with Crippen molar-refractivity contribution in [2.45, 2.75) is 32.9 Å². The average molecular weight is 396 g/mol. The molecular formula is C17H22BrN3O3. The number of carbonyl (C=O) groups excluding carboxylic acids is 1. The number of amides is 1. The van der Waals surface area contributed by atoms with Crippen LogP contribution < -0.4 is 4.74 Å². The van der Waals surface area contributed by atoms with Crippen LogP contribution in [0.1, 0.15) is 20.8 Å². The Labute approximate surface area is 149 Å². The van der Waals surface area contributed by atoms with Gasteiger partial charge in [0, 0.05) is 31.7 Å². The number of likely N-dealkylation sites (tertiary alicyclic amines) is 1. The minimum atomic E-state index is -0.453. The lowest BCUT2D eigenvalue weighted by Gasteiger charge is -2.39. The highest BCUT2D eigenvalue weighted by Gasteiger charge is 2.34. The van der Waals surface area contributed by atoms with Gasteiger partial charge in [0.25, 0.3) is 0 Å². The van der Waals surface area contributed by atoms with Crippen molar-refractivity contribution in [3.63, 3.8) is 0 Å². The third-order valence-corrected chi connectivity index (χ3v) is 4.52. The van der Waals surface area contributed by atoms with E-state index in [1.807, 2.05) is 43.8 Å². The van der Waals surface area contributed by atoms with Crippen molar-refractivity contribution in [1.82, 2.24) is 14.7 Å². The predicted octanol–water partition coefficient (Wildman–Crippen LogP) is 3.67. The van der Waals surface area contributed by atoms with Gasteiger partial charge in [-0.2, -0.15) is 5.10 Å². The molecule has 0 bridgehead atoms. The second kappa shape index (κ2) is 6.27. The van der Waals surface area contributed by atoms with Crippen molar-refractivity contribution in [3.05, 3.63) is 22.8 Å². The largest absolute Gasteiger partial charge is 0.495 e. The molecular weight excluding hydrogens is 374 g/mol. The van der Waals surface area contributed by atoms with E-state index in [-0.39, 0.29) is 6.09 Å². The fourth-order valence-electron chi connectivity index (χ4n) is 2.82. The molecule has 1 aromatic carbocycles. The van der Waals surface area contributed by atoms with E-state index in [0.717, 1.165) is 27.7 Å². The maximum absolute atomic E-state index is 12.0. The van der Waals surface area contributed by atoms with Gasteiger partial charge in [-0.05, 0) is 48.8 Å². The molecule has 7 heteroatoms. The van der Waals surface area contributed by atoms with E-state index in [2.05, 4.69) is 21.0 Å². The number of rotatable bonds is 3. The van der Waals surface area contributed by atoms with Crippen LogP contribution in [0, 0.1) is 5.92 Å². The molecule has 1 aliphatic rings. The normalized spacial score (nSPS) is 15.5. The molecule has 0 radical (unpaired) electrons. The van der Waals surface area contributed by atoms with Crippen LogP contribution in [0.2, 0.25) is 0 Å². The number of fused-ring (bicyclic) bond motifs is 1. The summed E-state index contributed by atoms with van der Waals surface area (Å²) in [6.07, 6.45) is 1.75. The smallest absolute Gasteiger partial charge is 0.410 e. The molecule has 1 aromatic heterocycles. The van der Waals surface area contributed by atoms with E-state index < -0.39 is 5.60 Å². The first-order chi connectivity index (χ1) is 11.3. The standard InChI is InChI=1S/C17H22BrN3O3/c1-17(2,3)24-16(22)20-7-11(8-20)9-21-10-12-14(19-21)6-5-13(18)15(12)23-4/h5-6,10-11H,7-9H2,1-4H3. The van der Waals surface area contributed by atoms with Crippen molar-refractivity contribution in [2.75, 3.05) is 20.2 Å². The van der Waals surface area contributed by atoms with E-state index in [1.165, 1.54) is 0 Å². The molecule has 24 heavy (non-hydrogen) atoms. The molecule has 2 heterocycles. The van der Waals surface area contributed by atoms with Gasteiger partial charge in [0.2, 0.25) is 0 Å². The lowest BCUT2D eigenvalue weighted by atomic mass is 10.0. The van der Waals surface area contributed by atoms with Gasteiger partial charge in [-0.25, -0.2) is 4.79 Å². The first-order valence-electron chi connectivity index (χ1n) is 7.94. The van der Waals surface area contributed by atoms with E-state index in [1.54, 1.807) is 12.0 Å². The minimum Gasteiger partial charge on any atom is -0.495 e. The zero-order chi connectivity index (χ0) is 17.5. The van der Waals surface area contributed by atoms with Crippen LogP contribution >= 0.6 is 15.9 Å². The average Bonchev–Trinajstić information content (AvgIpc) is 2.83. The second-order valence-electron chi connectivity index (χ2n) is 7.12. The highest BCUT2D eigenvalue weighted by molar-refractivity contribution is 9.10. The van der Waals surface area contributed by atoms with Crippen molar-refractivity contribution in [3.8, 4) is 5.75 Å². The van der Waals surface area contributed by atoms with E-state index in [0.29, 0.717) is 19.0 Å². The number of ether oxygens (including phenoxy) is 2. The molecule has 2 aromatic rings. The molecule has 1 amide bonds. The number of halogens is 1. The molecule has 0 saturated carbocycles. The van der Waals surface area contributed by atoms with Crippen LogP contribution in [-0.2, 0) is 11.3 Å². The Morgan fingerprint density at radius 3 is 2.71 bits per heavy atom. The SMILES string of the molecule is COc1c(Br)ccc2nn(CC3CN(C(=O)OC(C)(C)C)C3)cc12. The Morgan fingerprint density at radius 2 is 2.08 bits per heavy atom. The monoisotopic (exact) mass is 395 g/mol. The number of carbonyl (C=O) groups is 1. The molecule has 0 aliphatic carbocycles. The second-order valence-corrected chi connectivity index (χ2v) is 7.97. The summed E-state index contributed by atoms with van der Waals surface area (Å²) in [7, 11) is 1.65. The Kier molecular flexibility index (Phi) is 4.46. The zero-order valence-electron chi connectivity index (χ0n) is 14.4. The van der Waals surface area contributed by atoms with E-state index in [4.69, 9.17) is 9.47 Å². The fraction of sp³-hybridized carbons (Fsp3) is 0.529. The van der Waals surface area contributed by atoms with Gasteiger partial charge >= 0.3 is 6.09 Å². The maximum atomic E-state index is 12.0. The summed E-state index contributed by atoms with van der Waals surface area (Å²) >= 11 is 3.49. The van der Waals surface area contributed by atoms with Gasteiger partial charge in [-0.3, -0.25) is 4.68 Å². The topological polar surface area (TPSA) is 56.6 Å². The summed E-state index contributed by atoms with van der Waals surface area (Å²) < 4.78 is 13.7. The Morgan fingerprint density at radius 1 is 1.38 bits per heavy atom. The predicted molar refractivity (Wildman–Crippen MR) is 95.3 cm³/mol. The first-order valence-corrected chi connectivity index (χ1v) is 8.73. The van der Waals surface area contributed by atoms with Gasteiger partial charge in [0.15, 0.2) is 0 Å². The highest BCUT2D eigenvalue weighted by atomic mass is 79.9. The number of nitrogens with zero attached hydrogens (tertiary/aromatic N) is 3. The molecule has 130 valence electrons. The van der Waals surface area contributed by atoms with E-state index in [9.17, 15) is 4.79 Å². The molecule has 1 aliphatic heterocycles. The van der Waals surface area contributed by atoms with Crippen LogP contribution in [0.15, 0.2) is 22.8 Å². The summed E-state index contributed by atoms with van der Waals surface area (Å²) in [5.41, 5.74) is 0.449. The Hall–Kier alpha value is -1.76. The zero-order valence-corrected chi connectivity index (χ0v) is 16.0. The minimum absolute atomic E-state index is 0.241. The van der Waals surface area contributed by atoms with Crippen LogP contribution in [0.25, 0.3) is 10.9 Å². The summed E-state index contributed by atoms with van der Waals surface area (Å²) in [6, 6.07) is 3.90. The fourth-order valence-corrected chi connectivity index (χ4v) is 3.32. The van der Waals surface area contributed by atoms with Gasteiger partial charge in [0.1, 0.15) is 11.4 Å². The van der Waals surface area contributed by atoms with Crippen LogP contribution in [0.3, 0.4) is 0 Å². The molecule has 1 fully saturated rings. The summed E-state index contributed by atoms with van der Waals surface area (Å²) in [5, 5.41) is 5.58. The Bertz CT molecular complexity index is 760. The first kappa shape index (κ1) is 17.1. The van der Waals surface area contributed by atoms with Gasteiger partial charge < -0.3 is 14.4 Å². The number of aromatic nitrogens is 2. The number of methoxy groups -OCH3 is 1. The van der Waals surface area contributed by atoms with Crippen molar-refractivity contribution in [1.29, 1.82) is 0 Å². The molecule has 0 unspecified atom stereocenters. The lowest BCUT2D eigenvalue weighted by molar-refractivity contribution is -0.00381. The molecule has 6 nitrogen and oxygen atoms in total. The van der Waals surface area contributed by atoms with Crippen LogP contribution in [0.4, 0.5) is 4.79 Å². The molecule has 0 spiro atoms. The number of hydrogen-bond acceptors (Lipinski definition) is 4. The van der Waals surface area contributed by atoms with Crippen LogP contribution in [-0.4, -0.2) is 46.6 Å². The van der Waals surface area contributed by atoms with Crippen molar-refractivity contribution < 1.29 is 14.3 Å². The highest BCUT2D eigenvalue weighted by Crippen LogP contribution is 2.33. The third kappa shape index (κ3) is 3.50. The summed E-state index contributed by atoms with van der Waals surface area (Å²) in [4.78, 5) is 13.7. The third-order valence-electron chi connectivity index (χ3n) is 3.90. The van der Waals surface area contributed by atoms with Gasteiger partial charge in [-0.15, -0.1) is 0 Å². The molecule has 0 N–H and O–H groups in total. The quantitative estimate of drug-likeness (QED) is 0.795. The van der Waals surface area contributed by atoms with E-state index >= 15 is 0 Å².